The molecule has 2 rings (SSSR count). The van der Waals surface area contributed by atoms with Crippen molar-refractivity contribution < 1.29 is 0 Å². The van der Waals surface area contributed by atoms with Gasteiger partial charge in [-0.25, -0.2) is 4.98 Å². The number of aromatic nitrogens is 2. The number of aryl methyl sites for hydroxylation is 1. The maximum Gasteiger partial charge on any atom is 0.142 e. The summed E-state index contributed by atoms with van der Waals surface area (Å²) in [5.74, 6) is 0. The molecule has 0 bridgehead atoms. The molecule has 0 aliphatic heterocycles. The van der Waals surface area contributed by atoms with E-state index in [1.165, 1.54) is 4.88 Å². The van der Waals surface area contributed by atoms with Crippen molar-refractivity contribution in [3.8, 4) is 10.7 Å². The standard InChI is InChI=1S/C9H9N3S/c1-6-4-12-9(13-6)8-3-2-7(10)5-11-8/h2-5H,10H2,1H3. The smallest absolute Gasteiger partial charge is 0.142 e. The van der Waals surface area contributed by atoms with Crippen LogP contribution in [0.25, 0.3) is 10.7 Å². The van der Waals surface area contributed by atoms with Crippen molar-refractivity contribution in [1.82, 2.24) is 9.97 Å². The van der Waals surface area contributed by atoms with Crippen LogP contribution in [0.15, 0.2) is 24.5 Å². The van der Waals surface area contributed by atoms with E-state index in [0.717, 1.165) is 10.7 Å². The maximum absolute atomic E-state index is 5.53. The van der Waals surface area contributed by atoms with Crippen molar-refractivity contribution in [2.45, 2.75) is 6.92 Å². The van der Waals surface area contributed by atoms with E-state index in [0.29, 0.717) is 5.69 Å². The number of nitrogen functional groups attached to an aromatic ring is 1. The van der Waals surface area contributed by atoms with E-state index in [2.05, 4.69) is 9.97 Å². The summed E-state index contributed by atoms with van der Waals surface area (Å²) in [6.07, 6.45) is 3.49. The number of hydrogen-bond donors (Lipinski definition) is 1. The molecule has 0 spiro atoms. The average molecular weight is 191 g/mol. The van der Waals surface area contributed by atoms with Gasteiger partial charge in [-0.3, -0.25) is 4.98 Å². The fourth-order valence-corrected chi connectivity index (χ4v) is 1.75. The Morgan fingerprint density at radius 1 is 1.23 bits per heavy atom. The van der Waals surface area contributed by atoms with Gasteiger partial charge in [0.2, 0.25) is 0 Å². The molecular weight excluding hydrogens is 182 g/mol. The van der Waals surface area contributed by atoms with Gasteiger partial charge in [0.05, 0.1) is 17.6 Å². The second-order valence-electron chi connectivity index (χ2n) is 2.75. The van der Waals surface area contributed by atoms with E-state index in [9.17, 15) is 0 Å². The Balaban J connectivity index is 2.41. The van der Waals surface area contributed by atoms with Crippen LogP contribution in [-0.2, 0) is 0 Å². The van der Waals surface area contributed by atoms with E-state index < -0.39 is 0 Å². The summed E-state index contributed by atoms with van der Waals surface area (Å²) in [7, 11) is 0. The zero-order chi connectivity index (χ0) is 9.26. The summed E-state index contributed by atoms with van der Waals surface area (Å²) in [5.41, 5.74) is 7.09. The summed E-state index contributed by atoms with van der Waals surface area (Å²) in [4.78, 5) is 9.60. The highest BCUT2D eigenvalue weighted by Crippen LogP contribution is 2.22. The van der Waals surface area contributed by atoms with Gasteiger partial charge in [-0.2, -0.15) is 0 Å². The fraction of sp³-hybridized carbons (Fsp3) is 0.111. The van der Waals surface area contributed by atoms with Gasteiger partial charge in [-0.1, -0.05) is 0 Å². The summed E-state index contributed by atoms with van der Waals surface area (Å²) in [6, 6.07) is 3.71. The van der Waals surface area contributed by atoms with Crippen molar-refractivity contribution in [3.63, 3.8) is 0 Å². The molecule has 2 N–H and O–H groups in total. The maximum atomic E-state index is 5.53. The van der Waals surface area contributed by atoms with Crippen LogP contribution in [0.5, 0.6) is 0 Å². The molecule has 3 nitrogen and oxygen atoms in total. The second-order valence-corrected chi connectivity index (χ2v) is 3.99. The molecule has 2 aromatic rings. The van der Waals surface area contributed by atoms with E-state index in [1.807, 2.05) is 25.3 Å². The van der Waals surface area contributed by atoms with Crippen molar-refractivity contribution in [2.75, 3.05) is 5.73 Å². The number of nitrogens with two attached hydrogens (primary N) is 1. The van der Waals surface area contributed by atoms with Crippen LogP contribution >= 0.6 is 11.3 Å². The lowest BCUT2D eigenvalue weighted by atomic mass is 10.3. The number of nitrogens with zero attached hydrogens (tertiary/aromatic N) is 2. The minimum Gasteiger partial charge on any atom is -0.397 e. The Labute approximate surface area is 80.3 Å². The molecule has 2 aromatic heterocycles. The van der Waals surface area contributed by atoms with E-state index in [1.54, 1.807) is 17.5 Å². The highest BCUT2D eigenvalue weighted by molar-refractivity contribution is 7.14. The van der Waals surface area contributed by atoms with Crippen LogP contribution in [0.3, 0.4) is 0 Å². The Morgan fingerprint density at radius 2 is 2.08 bits per heavy atom. The minimum atomic E-state index is 0.678. The first-order chi connectivity index (χ1) is 6.25. The first kappa shape index (κ1) is 8.19. The SMILES string of the molecule is Cc1cnc(-c2ccc(N)cn2)s1. The lowest BCUT2D eigenvalue weighted by Gasteiger charge is -1.94. The topological polar surface area (TPSA) is 51.8 Å². The number of thiazole rings is 1. The van der Waals surface area contributed by atoms with E-state index in [4.69, 9.17) is 5.73 Å². The van der Waals surface area contributed by atoms with Crippen LogP contribution in [-0.4, -0.2) is 9.97 Å². The Hall–Kier alpha value is -1.42. The zero-order valence-corrected chi connectivity index (χ0v) is 8.01. The first-order valence-corrected chi connectivity index (χ1v) is 4.72. The number of hydrogen-bond acceptors (Lipinski definition) is 4. The van der Waals surface area contributed by atoms with Gasteiger partial charge in [-0.15, -0.1) is 11.3 Å². The summed E-state index contributed by atoms with van der Waals surface area (Å²) in [5, 5.41) is 0.942. The third-order valence-corrected chi connectivity index (χ3v) is 2.56. The van der Waals surface area contributed by atoms with Gasteiger partial charge in [0.25, 0.3) is 0 Å². The van der Waals surface area contributed by atoms with Crippen LogP contribution < -0.4 is 5.73 Å². The molecule has 2 heterocycles. The largest absolute Gasteiger partial charge is 0.397 e. The molecule has 13 heavy (non-hydrogen) atoms. The molecule has 0 saturated carbocycles. The lowest BCUT2D eigenvalue weighted by molar-refractivity contribution is 1.29. The van der Waals surface area contributed by atoms with Crippen LogP contribution in [0, 0.1) is 6.92 Å². The summed E-state index contributed by atoms with van der Waals surface area (Å²) < 4.78 is 0. The van der Waals surface area contributed by atoms with Gasteiger partial charge in [-0.05, 0) is 19.1 Å². The van der Waals surface area contributed by atoms with Gasteiger partial charge in [0.15, 0.2) is 0 Å². The molecule has 66 valence electrons. The number of anilines is 1. The predicted octanol–water partition coefficient (Wildman–Crippen LogP) is 2.10. The Kier molecular flexibility index (Phi) is 1.98. The van der Waals surface area contributed by atoms with Gasteiger partial charge >= 0.3 is 0 Å². The average Bonchev–Trinajstić information content (AvgIpc) is 2.53. The molecule has 0 aromatic carbocycles. The highest BCUT2D eigenvalue weighted by Gasteiger charge is 2.02. The second kappa shape index (κ2) is 3.14. The predicted molar refractivity (Wildman–Crippen MR) is 54.5 cm³/mol. The molecule has 0 fully saturated rings. The molecule has 4 heteroatoms. The molecular formula is C9H9N3S. The number of rotatable bonds is 1. The molecule has 0 aliphatic carbocycles. The Bertz CT molecular complexity index is 405. The third kappa shape index (κ3) is 1.67. The molecule has 0 saturated heterocycles. The molecule has 0 radical (unpaired) electrons. The Morgan fingerprint density at radius 3 is 2.62 bits per heavy atom. The number of pyridine rings is 1. The van der Waals surface area contributed by atoms with Crippen LogP contribution in [0.2, 0.25) is 0 Å². The van der Waals surface area contributed by atoms with Gasteiger partial charge in [0, 0.05) is 11.1 Å². The summed E-state index contributed by atoms with van der Waals surface area (Å²) >= 11 is 1.63. The third-order valence-electron chi connectivity index (χ3n) is 1.63. The zero-order valence-electron chi connectivity index (χ0n) is 7.19. The van der Waals surface area contributed by atoms with Crippen molar-refractivity contribution >= 4 is 17.0 Å². The van der Waals surface area contributed by atoms with Crippen molar-refractivity contribution in [2.24, 2.45) is 0 Å². The minimum absolute atomic E-state index is 0.678. The van der Waals surface area contributed by atoms with E-state index in [-0.39, 0.29) is 0 Å². The van der Waals surface area contributed by atoms with E-state index >= 15 is 0 Å². The molecule has 0 amide bonds. The van der Waals surface area contributed by atoms with Gasteiger partial charge < -0.3 is 5.73 Å². The molecule has 0 atom stereocenters. The van der Waals surface area contributed by atoms with Gasteiger partial charge in [0.1, 0.15) is 5.01 Å². The van der Waals surface area contributed by atoms with Crippen molar-refractivity contribution in [3.05, 3.63) is 29.4 Å². The monoisotopic (exact) mass is 191 g/mol. The fourth-order valence-electron chi connectivity index (χ4n) is 1.00. The van der Waals surface area contributed by atoms with Crippen molar-refractivity contribution in [1.29, 1.82) is 0 Å². The highest BCUT2D eigenvalue weighted by atomic mass is 32.1. The molecule has 0 aliphatic rings. The van der Waals surface area contributed by atoms with Crippen LogP contribution in [0.1, 0.15) is 4.88 Å². The first-order valence-electron chi connectivity index (χ1n) is 3.90. The lowest BCUT2D eigenvalue weighted by Crippen LogP contribution is -1.87. The normalized spacial score (nSPS) is 10.2. The summed E-state index contributed by atoms with van der Waals surface area (Å²) in [6.45, 7) is 2.03. The molecule has 0 unspecified atom stereocenters. The van der Waals surface area contributed by atoms with Crippen LogP contribution in [0.4, 0.5) is 5.69 Å². The quantitative estimate of drug-likeness (QED) is 0.751.